The fraction of sp³-hybridized carbons (Fsp3) is 0.615. The standard InChI is InChI=1S/C13H20N2O2/c1-10-3-4-14-6-11(10)7-15-8-13(17-2)5-12(15)9-16/h3-4,6,12-13,16H,5,7-9H2,1-2H3/t12-,13+/m0/s1. The van der Waals surface area contributed by atoms with E-state index in [1.165, 1.54) is 11.1 Å². The Labute approximate surface area is 102 Å². The highest BCUT2D eigenvalue weighted by molar-refractivity contribution is 5.21. The van der Waals surface area contributed by atoms with Crippen LogP contribution in [0.25, 0.3) is 0 Å². The van der Waals surface area contributed by atoms with E-state index in [0.717, 1.165) is 19.5 Å². The molecule has 2 heterocycles. The summed E-state index contributed by atoms with van der Waals surface area (Å²) >= 11 is 0. The van der Waals surface area contributed by atoms with Gasteiger partial charge in [-0.1, -0.05) is 0 Å². The van der Waals surface area contributed by atoms with E-state index in [9.17, 15) is 5.11 Å². The van der Waals surface area contributed by atoms with Gasteiger partial charge < -0.3 is 9.84 Å². The van der Waals surface area contributed by atoms with Crippen molar-refractivity contribution in [2.24, 2.45) is 0 Å². The molecule has 1 aliphatic rings. The number of hydrogen-bond donors (Lipinski definition) is 1. The Bertz CT molecular complexity index is 370. The van der Waals surface area contributed by atoms with Gasteiger partial charge in [0, 0.05) is 38.6 Å². The molecule has 0 spiro atoms. The number of pyridine rings is 1. The summed E-state index contributed by atoms with van der Waals surface area (Å²) in [6.07, 6.45) is 4.87. The number of hydrogen-bond acceptors (Lipinski definition) is 4. The molecule has 0 bridgehead atoms. The van der Waals surface area contributed by atoms with Crippen LogP contribution in [0.3, 0.4) is 0 Å². The van der Waals surface area contributed by atoms with E-state index in [2.05, 4.69) is 16.8 Å². The Balaban J connectivity index is 2.05. The summed E-state index contributed by atoms with van der Waals surface area (Å²) in [6.45, 7) is 4.01. The Morgan fingerprint density at radius 2 is 2.41 bits per heavy atom. The molecule has 1 aliphatic heterocycles. The zero-order valence-electron chi connectivity index (χ0n) is 10.5. The second-order valence-electron chi connectivity index (χ2n) is 4.66. The van der Waals surface area contributed by atoms with Crippen molar-refractivity contribution in [2.75, 3.05) is 20.3 Å². The second-order valence-corrected chi connectivity index (χ2v) is 4.66. The molecule has 1 aromatic rings. The van der Waals surface area contributed by atoms with Gasteiger partial charge >= 0.3 is 0 Å². The molecule has 0 aliphatic carbocycles. The lowest BCUT2D eigenvalue weighted by molar-refractivity contribution is 0.107. The number of aliphatic hydroxyl groups excluding tert-OH is 1. The van der Waals surface area contributed by atoms with Gasteiger partial charge in [0.25, 0.3) is 0 Å². The number of methoxy groups -OCH3 is 1. The minimum Gasteiger partial charge on any atom is -0.395 e. The molecule has 0 saturated carbocycles. The lowest BCUT2D eigenvalue weighted by Gasteiger charge is -2.22. The van der Waals surface area contributed by atoms with Crippen LogP contribution in [0.1, 0.15) is 17.5 Å². The molecule has 1 aromatic heterocycles. The van der Waals surface area contributed by atoms with E-state index in [0.29, 0.717) is 0 Å². The highest BCUT2D eigenvalue weighted by atomic mass is 16.5. The molecular formula is C13H20N2O2. The van der Waals surface area contributed by atoms with Gasteiger partial charge in [-0.05, 0) is 30.5 Å². The maximum Gasteiger partial charge on any atom is 0.0714 e. The molecule has 2 atom stereocenters. The number of nitrogens with zero attached hydrogens (tertiary/aromatic N) is 2. The van der Waals surface area contributed by atoms with Gasteiger partial charge in [-0.15, -0.1) is 0 Å². The van der Waals surface area contributed by atoms with Crippen LogP contribution in [0.15, 0.2) is 18.5 Å². The number of ether oxygens (including phenoxy) is 1. The molecule has 0 aromatic carbocycles. The fourth-order valence-corrected chi connectivity index (χ4v) is 2.37. The Kier molecular flexibility index (Phi) is 4.10. The van der Waals surface area contributed by atoms with Crippen molar-refractivity contribution in [1.29, 1.82) is 0 Å². The first-order chi connectivity index (χ1) is 8.24. The summed E-state index contributed by atoms with van der Waals surface area (Å²) in [7, 11) is 1.73. The number of aliphatic hydroxyl groups is 1. The molecule has 4 nitrogen and oxygen atoms in total. The number of aromatic nitrogens is 1. The van der Waals surface area contributed by atoms with E-state index in [-0.39, 0.29) is 18.8 Å². The first-order valence-corrected chi connectivity index (χ1v) is 6.01. The van der Waals surface area contributed by atoms with E-state index < -0.39 is 0 Å². The predicted molar refractivity (Wildman–Crippen MR) is 65.7 cm³/mol. The maximum atomic E-state index is 9.38. The molecule has 0 unspecified atom stereocenters. The fourth-order valence-electron chi connectivity index (χ4n) is 2.37. The summed E-state index contributed by atoms with van der Waals surface area (Å²) in [5, 5.41) is 9.38. The average Bonchev–Trinajstić information content (AvgIpc) is 2.74. The van der Waals surface area contributed by atoms with Crippen LogP contribution in [0.5, 0.6) is 0 Å². The van der Waals surface area contributed by atoms with Crippen LogP contribution in [-0.2, 0) is 11.3 Å². The van der Waals surface area contributed by atoms with Gasteiger partial charge in [0.05, 0.1) is 12.7 Å². The van der Waals surface area contributed by atoms with Gasteiger partial charge in [-0.2, -0.15) is 0 Å². The normalized spacial score (nSPS) is 25.4. The van der Waals surface area contributed by atoms with Crippen LogP contribution in [0.4, 0.5) is 0 Å². The maximum absolute atomic E-state index is 9.38. The zero-order valence-corrected chi connectivity index (χ0v) is 10.5. The monoisotopic (exact) mass is 236 g/mol. The van der Waals surface area contributed by atoms with Crippen molar-refractivity contribution in [3.63, 3.8) is 0 Å². The predicted octanol–water partition coefficient (Wildman–Crippen LogP) is 0.972. The van der Waals surface area contributed by atoms with Crippen molar-refractivity contribution >= 4 is 0 Å². The average molecular weight is 236 g/mol. The number of likely N-dealkylation sites (tertiary alicyclic amines) is 1. The molecule has 17 heavy (non-hydrogen) atoms. The largest absolute Gasteiger partial charge is 0.395 e. The topological polar surface area (TPSA) is 45.6 Å². The summed E-state index contributed by atoms with van der Waals surface area (Å²) in [5.74, 6) is 0. The summed E-state index contributed by atoms with van der Waals surface area (Å²) in [4.78, 5) is 6.43. The van der Waals surface area contributed by atoms with Crippen molar-refractivity contribution in [3.8, 4) is 0 Å². The Hall–Kier alpha value is -0.970. The second kappa shape index (κ2) is 5.58. The smallest absolute Gasteiger partial charge is 0.0714 e. The minimum absolute atomic E-state index is 0.194. The van der Waals surface area contributed by atoms with E-state index in [1.54, 1.807) is 7.11 Å². The quantitative estimate of drug-likeness (QED) is 0.846. The van der Waals surface area contributed by atoms with Crippen LogP contribution in [-0.4, -0.2) is 47.4 Å². The summed E-state index contributed by atoms with van der Waals surface area (Å²) in [5.41, 5.74) is 2.47. The molecule has 1 N–H and O–H groups in total. The van der Waals surface area contributed by atoms with Crippen LogP contribution >= 0.6 is 0 Å². The van der Waals surface area contributed by atoms with Gasteiger partial charge in [-0.25, -0.2) is 0 Å². The van der Waals surface area contributed by atoms with Crippen molar-refractivity contribution in [3.05, 3.63) is 29.6 Å². The summed E-state index contributed by atoms with van der Waals surface area (Å²) < 4.78 is 5.37. The van der Waals surface area contributed by atoms with Gasteiger partial charge in [0.1, 0.15) is 0 Å². The van der Waals surface area contributed by atoms with E-state index >= 15 is 0 Å². The molecule has 1 fully saturated rings. The van der Waals surface area contributed by atoms with Crippen LogP contribution in [0.2, 0.25) is 0 Å². The molecule has 2 rings (SSSR count). The Morgan fingerprint density at radius 3 is 3.06 bits per heavy atom. The van der Waals surface area contributed by atoms with E-state index in [1.807, 2.05) is 18.5 Å². The van der Waals surface area contributed by atoms with Crippen LogP contribution in [0, 0.1) is 6.92 Å². The molecular weight excluding hydrogens is 216 g/mol. The van der Waals surface area contributed by atoms with Gasteiger partial charge in [-0.3, -0.25) is 9.88 Å². The minimum atomic E-state index is 0.194. The van der Waals surface area contributed by atoms with Gasteiger partial charge in [0.2, 0.25) is 0 Å². The lowest BCUT2D eigenvalue weighted by Crippen LogP contribution is -2.32. The third kappa shape index (κ3) is 2.83. The Morgan fingerprint density at radius 1 is 1.59 bits per heavy atom. The molecule has 0 radical (unpaired) electrons. The molecule has 0 amide bonds. The molecule has 4 heteroatoms. The number of rotatable bonds is 4. The van der Waals surface area contributed by atoms with E-state index in [4.69, 9.17) is 4.74 Å². The highest BCUT2D eigenvalue weighted by Crippen LogP contribution is 2.22. The lowest BCUT2D eigenvalue weighted by atomic mass is 10.1. The van der Waals surface area contributed by atoms with Crippen molar-refractivity contribution in [2.45, 2.75) is 32.0 Å². The zero-order chi connectivity index (χ0) is 12.3. The first-order valence-electron chi connectivity index (χ1n) is 6.01. The van der Waals surface area contributed by atoms with Crippen molar-refractivity contribution < 1.29 is 9.84 Å². The molecule has 1 saturated heterocycles. The highest BCUT2D eigenvalue weighted by Gasteiger charge is 2.31. The van der Waals surface area contributed by atoms with Crippen molar-refractivity contribution in [1.82, 2.24) is 9.88 Å². The van der Waals surface area contributed by atoms with Crippen LogP contribution < -0.4 is 0 Å². The third-order valence-corrected chi connectivity index (χ3v) is 3.55. The van der Waals surface area contributed by atoms with Gasteiger partial charge in [0.15, 0.2) is 0 Å². The number of aryl methyl sites for hydroxylation is 1. The SMILES string of the molecule is CO[C@@H]1C[C@@H](CO)N(Cc2cnccc2C)C1. The third-order valence-electron chi connectivity index (χ3n) is 3.55. The molecule has 94 valence electrons. The first kappa shape index (κ1) is 12.5. The summed E-state index contributed by atoms with van der Waals surface area (Å²) in [6, 6.07) is 2.23.